The fourth-order valence-corrected chi connectivity index (χ4v) is 4.28. The van der Waals surface area contributed by atoms with Gasteiger partial charge in [-0.15, -0.1) is 0 Å². The van der Waals surface area contributed by atoms with Gasteiger partial charge in [0.05, 0.1) is 6.61 Å². The van der Waals surface area contributed by atoms with Gasteiger partial charge in [0.2, 0.25) is 5.91 Å². The van der Waals surface area contributed by atoms with Crippen LogP contribution >= 0.6 is 0 Å². The van der Waals surface area contributed by atoms with Crippen molar-refractivity contribution >= 4 is 5.91 Å². The van der Waals surface area contributed by atoms with Crippen LogP contribution in [0.1, 0.15) is 56.9 Å². The van der Waals surface area contributed by atoms with E-state index in [1.54, 1.807) is 0 Å². The summed E-state index contributed by atoms with van der Waals surface area (Å²) in [6.45, 7) is 1.79. The molecule has 4 rings (SSSR count). The lowest BCUT2D eigenvalue weighted by Crippen LogP contribution is -2.39. The maximum Gasteiger partial charge on any atom is 0.226 e. The van der Waals surface area contributed by atoms with Gasteiger partial charge in [-0.05, 0) is 56.1 Å². The molecule has 1 aromatic carbocycles. The Morgan fingerprint density at radius 1 is 1.00 bits per heavy atom. The number of carbonyl (C=O) groups excluding carboxylic acids is 1. The fraction of sp³-hybridized carbons (Fsp3) is 0.667. The summed E-state index contributed by atoms with van der Waals surface area (Å²) in [5.41, 5.74) is 1.21. The molecule has 1 aromatic rings. The molecular formula is C21H29NO2. The number of likely N-dealkylation sites (tertiary alicyclic amines) is 1. The monoisotopic (exact) mass is 327 g/mol. The molecule has 0 spiro atoms. The predicted octanol–water partition coefficient (Wildman–Crippen LogP) is 4.20. The van der Waals surface area contributed by atoms with Gasteiger partial charge < -0.3 is 9.64 Å². The fourth-order valence-electron chi connectivity index (χ4n) is 4.28. The second-order valence-corrected chi connectivity index (χ2v) is 7.88. The summed E-state index contributed by atoms with van der Waals surface area (Å²) in [4.78, 5) is 15.1. The highest BCUT2D eigenvalue weighted by atomic mass is 16.5. The standard InChI is InChI=1S/C21H29NO2/c23-21-18(12-13-22(21)19-7-2-1-3-8-19)14-17-6-4-5-9-20(17)24-15-16-10-11-16/h4-6,9,16,18-19H,1-3,7-8,10-15H2. The Balaban J connectivity index is 1.39. The van der Waals surface area contributed by atoms with Crippen LogP contribution in [-0.4, -0.2) is 30.0 Å². The molecule has 0 radical (unpaired) electrons. The third-order valence-electron chi connectivity index (χ3n) is 5.98. The zero-order chi connectivity index (χ0) is 16.4. The molecule has 130 valence electrons. The number of amides is 1. The second kappa shape index (κ2) is 7.16. The number of benzene rings is 1. The highest BCUT2D eigenvalue weighted by Crippen LogP contribution is 2.33. The molecule has 3 aliphatic rings. The molecular weight excluding hydrogens is 298 g/mol. The van der Waals surface area contributed by atoms with E-state index in [4.69, 9.17) is 4.74 Å². The molecule has 3 fully saturated rings. The highest BCUT2D eigenvalue weighted by Gasteiger charge is 2.36. The Hall–Kier alpha value is -1.51. The van der Waals surface area contributed by atoms with Crippen LogP contribution in [0.3, 0.4) is 0 Å². The van der Waals surface area contributed by atoms with Crippen LogP contribution in [0.5, 0.6) is 5.75 Å². The average molecular weight is 327 g/mol. The Labute approximate surface area is 145 Å². The van der Waals surface area contributed by atoms with Gasteiger partial charge in [0, 0.05) is 18.5 Å². The Morgan fingerprint density at radius 3 is 2.58 bits per heavy atom. The van der Waals surface area contributed by atoms with Crippen LogP contribution < -0.4 is 4.74 Å². The van der Waals surface area contributed by atoms with Gasteiger partial charge in [-0.3, -0.25) is 4.79 Å². The van der Waals surface area contributed by atoms with Crippen LogP contribution in [0.25, 0.3) is 0 Å². The van der Waals surface area contributed by atoms with Crippen molar-refractivity contribution in [2.24, 2.45) is 11.8 Å². The number of carbonyl (C=O) groups is 1. The van der Waals surface area contributed by atoms with Crippen LogP contribution in [-0.2, 0) is 11.2 Å². The van der Waals surface area contributed by atoms with Crippen molar-refractivity contribution in [2.45, 2.75) is 63.8 Å². The maximum atomic E-state index is 12.9. The molecule has 0 aromatic heterocycles. The topological polar surface area (TPSA) is 29.5 Å². The predicted molar refractivity (Wildman–Crippen MR) is 95.1 cm³/mol. The molecule has 0 bridgehead atoms. The van der Waals surface area contributed by atoms with Gasteiger partial charge in [0.1, 0.15) is 5.75 Å². The first-order valence-corrected chi connectivity index (χ1v) is 9.82. The van der Waals surface area contributed by atoms with Gasteiger partial charge in [0.15, 0.2) is 0 Å². The largest absolute Gasteiger partial charge is 0.493 e. The number of ether oxygens (including phenoxy) is 1. The van der Waals surface area contributed by atoms with Crippen molar-refractivity contribution < 1.29 is 9.53 Å². The summed E-state index contributed by atoms with van der Waals surface area (Å²) < 4.78 is 6.02. The Kier molecular flexibility index (Phi) is 4.77. The van der Waals surface area contributed by atoms with Gasteiger partial charge in [-0.1, -0.05) is 37.5 Å². The van der Waals surface area contributed by atoms with Gasteiger partial charge in [-0.25, -0.2) is 0 Å². The van der Waals surface area contributed by atoms with E-state index < -0.39 is 0 Å². The summed E-state index contributed by atoms with van der Waals surface area (Å²) in [6, 6.07) is 8.82. The molecule has 1 amide bonds. The molecule has 1 heterocycles. The number of hydrogen-bond acceptors (Lipinski definition) is 2. The summed E-state index contributed by atoms with van der Waals surface area (Å²) >= 11 is 0. The summed E-state index contributed by atoms with van der Waals surface area (Å²) in [5.74, 6) is 2.29. The SMILES string of the molecule is O=C1C(Cc2ccccc2OCC2CC2)CCN1C1CCCCC1. The van der Waals surface area contributed by atoms with E-state index in [0.29, 0.717) is 11.9 Å². The third-order valence-corrected chi connectivity index (χ3v) is 5.98. The zero-order valence-electron chi connectivity index (χ0n) is 14.6. The van der Waals surface area contributed by atoms with Crippen molar-refractivity contribution in [1.29, 1.82) is 0 Å². The molecule has 1 aliphatic heterocycles. The summed E-state index contributed by atoms with van der Waals surface area (Å²) in [5, 5.41) is 0. The summed E-state index contributed by atoms with van der Waals surface area (Å²) in [7, 11) is 0. The minimum absolute atomic E-state index is 0.151. The molecule has 1 unspecified atom stereocenters. The van der Waals surface area contributed by atoms with Gasteiger partial charge in [0.25, 0.3) is 0 Å². The first-order chi connectivity index (χ1) is 11.8. The number of nitrogens with zero attached hydrogens (tertiary/aromatic N) is 1. The van der Waals surface area contributed by atoms with Crippen molar-refractivity contribution in [3.05, 3.63) is 29.8 Å². The van der Waals surface area contributed by atoms with E-state index in [0.717, 1.165) is 37.7 Å². The van der Waals surface area contributed by atoms with Gasteiger partial charge in [-0.2, -0.15) is 0 Å². The molecule has 3 heteroatoms. The van der Waals surface area contributed by atoms with E-state index in [1.807, 2.05) is 6.07 Å². The minimum atomic E-state index is 0.151. The molecule has 1 atom stereocenters. The molecule has 1 saturated heterocycles. The van der Waals surface area contributed by atoms with Gasteiger partial charge >= 0.3 is 0 Å². The molecule has 2 saturated carbocycles. The number of rotatable bonds is 6. The molecule has 0 N–H and O–H groups in total. The van der Waals surface area contributed by atoms with E-state index in [9.17, 15) is 4.79 Å². The van der Waals surface area contributed by atoms with E-state index in [2.05, 4.69) is 23.1 Å². The zero-order valence-corrected chi connectivity index (χ0v) is 14.6. The van der Waals surface area contributed by atoms with Crippen molar-refractivity contribution in [3.63, 3.8) is 0 Å². The third kappa shape index (κ3) is 3.60. The highest BCUT2D eigenvalue weighted by molar-refractivity contribution is 5.81. The molecule has 3 nitrogen and oxygen atoms in total. The lowest BCUT2D eigenvalue weighted by molar-refractivity contribution is -0.133. The van der Waals surface area contributed by atoms with Crippen molar-refractivity contribution in [2.75, 3.05) is 13.2 Å². The van der Waals surface area contributed by atoms with Crippen molar-refractivity contribution in [3.8, 4) is 5.75 Å². The first-order valence-electron chi connectivity index (χ1n) is 9.82. The first kappa shape index (κ1) is 16.0. The van der Waals surface area contributed by atoms with Crippen LogP contribution in [0.4, 0.5) is 0 Å². The lowest BCUT2D eigenvalue weighted by Gasteiger charge is -2.31. The van der Waals surface area contributed by atoms with E-state index >= 15 is 0 Å². The molecule has 2 aliphatic carbocycles. The van der Waals surface area contributed by atoms with Crippen LogP contribution in [0.2, 0.25) is 0 Å². The number of para-hydroxylation sites is 1. The van der Waals surface area contributed by atoms with Crippen molar-refractivity contribution in [1.82, 2.24) is 4.90 Å². The van der Waals surface area contributed by atoms with Crippen LogP contribution in [0.15, 0.2) is 24.3 Å². The Bertz CT molecular complexity index is 575. The Morgan fingerprint density at radius 2 is 1.79 bits per heavy atom. The van der Waals surface area contributed by atoms with E-state index in [1.165, 1.54) is 50.5 Å². The molecule has 24 heavy (non-hydrogen) atoms. The summed E-state index contributed by atoms with van der Waals surface area (Å²) in [6.07, 6.45) is 10.8. The maximum absolute atomic E-state index is 12.9. The normalized spacial score (nSPS) is 25.2. The average Bonchev–Trinajstić information content (AvgIpc) is 3.39. The lowest BCUT2D eigenvalue weighted by atomic mass is 9.94. The minimum Gasteiger partial charge on any atom is -0.493 e. The number of hydrogen-bond donors (Lipinski definition) is 0. The quantitative estimate of drug-likeness (QED) is 0.784. The van der Waals surface area contributed by atoms with Crippen LogP contribution in [0, 0.1) is 11.8 Å². The van der Waals surface area contributed by atoms with E-state index in [-0.39, 0.29) is 5.92 Å². The smallest absolute Gasteiger partial charge is 0.226 e. The second-order valence-electron chi connectivity index (χ2n) is 7.88.